The molecule has 1 aliphatic rings. The lowest BCUT2D eigenvalue weighted by atomic mass is 10.2. The Kier molecular flexibility index (Phi) is 3.80. The second-order valence-corrected chi connectivity index (χ2v) is 6.74. The molecule has 3 aromatic rings. The van der Waals surface area contributed by atoms with Crippen LogP contribution in [0.2, 0.25) is 0 Å². The molecule has 0 saturated carbocycles. The number of methoxy groups -OCH3 is 1. The quantitative estimate of drug-likeness (QED) is 0.687. The smallest absolute Gasteiger partial charge is 0.289 e. The highest BCUT2D eigenvalue weighted by atomic mass is 79.9. The van der Waals surface area contributed by atoms with Gasteiger partial charge in [-0.1, -0.05) is 12.1 Å². The zero-order chi connectivity index (χ0) is 16.7. The molecule has 4 rings (SSSR count). The fraction of sp³-hybridized carbons (Fsp3) is 0.294. The van der Waals surface area contributed by atoms with Crippen molar-refractivity contribution in [2.75, 3.05) is 20.2 Å². The van der Waals surface area contributed by atoms with Crippen LogP contribution in [0.4, 0.5) is 0 Å². The number of carbonyl (C=O) groups excluding carboxylic acids is 1. The number of hydrogen-bond acceptors (Lipinski definition) is 4. The predicted octanol–water partition coefficient (Wildman–Crippen LogP) is 3.49. The summed E-state index contributed by atoms with van der Waals surface area (Å²) < 4.78 is 13.9. The van der Waals surface area contributed by atoms with Crippen molar-refractivity contribution < 1.29 is 13.9 Å². The van der Waals surface area contributed by atoms with Gasteiger partial charge in [0.05, 0.1) is 23.8 Å². The van der Waals surface area contributed by atoms with Crippen LogP contribution < -0.4 is 4.74 Å². The van der Waals surface area contributed by atoms with Crippen LogP contribution in [0.25, 0.3) is 11.0 Å². The SMILES string of the molecule is COc1cccc2cc(C(=O)N3CCC(n4cc(Br)cn4)C3)oc12. The summed E-state index contributed by atoms with van der Waals surface area (Å²) in [7, 11) is 1.59. The Labute approximate surface area is 147 Å². The lowest BCUT2D eigenvalue weighted by Crippen LogP contribution is -2.28. The van der Waals surface area contributed by atoms with E-state index >= 15 is 0 Å². The van der Waals surface area contributed by atoms with Gasteiger partial charge in [0, 0.05) is 24.7 Å². The molecule has 124 valence electrons. The third-order valence-corrected chi connectivity index (χ3v) is 4.74. The van der Waals surface area contributed by atoms with Crippen LogP contribution in [0.5, 0.6) is 5.75 Å². The van der Waals surface area contributed by atoms with Crippen molar-refractivity contribution in [3.63, 3.8) is 0 Å². The predicted molar refractivity (Wildman–Crippen MR) is 92.3 cm³/mol. The van der Waals surface area contributed by atoms with Crippen LogP contribution >= 0.6 is 15.9 Å². The first-order valence-corrected chi connectivity index (χ1v) is 8.50. The van der Waals surface area contributed by atoms with Crippen molar-refractivity contribution in [1.82, 2.24) is 14.7 Å². The summed E-state index contributed by atoms with van der Waals surface area (Å²) in [6.45, 7) is 1.32. The van der Waals surface area contributed by atoms with Gasteiger partial charge in [0.2, 0.25) is 0 Å². The van der Waals surface area contributed by atoms with Gasteiger partial charge < -0.3 is 14.1 Å². The van der Waals surface area contributed by atoms with Crippen LogP contribution in [0.15, 0.2) is 45.5 Å². The molecule has 7 heteroatoms. The highest BCUT2D eigenvalue weighted by Crippen LogP contribution is 2.30. The molecule has 1 amide bonds. The number of rotatable bonds is 3. The van der Waals surface area contributed by atoms with Gasteiger partial charge in [-0.15, -0.1) is 0 Å². The number of hydrogen-bond donors (Lipinski definition) is 0. The van der Waals surface area contributed by atoms with E-state index in [1.807, 2.05) is 34.0 Å². The third-order valence-electron chi connectivity index (χ3n) is 4.33. The van der Waals surface area contributed by atoms with Gasteiger partial charge in [-0.2, -0.15) is 5.10 Å². The van der Waals surface area contributed by atoms with Crippen LogP contribution in [0.3, 0.4) is 0 Å². The fourth-order valence-corrected chi connectivity index (χ4v) is 3.42. The van der Waals surface area contributed by atoms with Gasteiger partial charge in [-0.25, -0.2) is 0 Å². The van der Waals surface area contributed by atoms with E-state index in [0.717, 1.165) is 16.3 Å². The van der Waals surface area contributed by atoms with Gasteiger partial charge in [0.25, 0.3) is 5.91 Å². The number of benzene rings is 1. The highest BCUT2D eigenvalue weighted by molar-refractivity contribution is 9.10. The summed E-state index contributed by atoms with van der Waals surface area (Å²) >= 11 is 3.40. The van der Waals surface area contributed by atoms with Crippen LogP contribution in [0.1, 0.15) is 23.0 Å². The Hall–Kier alpha value is -2.28. The van der Waals surface area contributed by atoms with Crippen LogP contribution in [-0.4, -0.2) is 40.8 Å². The summed E-state index contributed by atoms with van der Waals surface area (Å²) in [6, 6.07) is 7.58. The number of nitrogens with zero attached hydrogens (tertiary/aromatic N) is 3. The van der Waals surface area contributed by atoms with Gasteiger partial charge in [0.1, 0.15) is 0 Å². The molecule has 1 fully saturated rings. The molecule has 24 heavy (non-hydrogen) atoms. The minimum atomic E-state index is -0.0954. The number of aromatic nitrogens is 2. The Morgan fingerprint density at radius 1 is 1.46 bits per heavy atom. The number of amides is 1. The molecule has 0 spiro atoms. The maximum atomic E-state index is 12.8. The first-order valence-electron chi connectivity index (χ1n) is 7.71. The van der Waals surface area contributed by atoms with E-state index in [4.69, 9.17) is 9.15 Å². The molecule has 1 aliphatic heterocycles. The molecule has 0 aliphatic carbocycles. The summed E-state index contributed by atoms with van der Waals surface area (Å²) in [6.07, 6.45) is 4.57. The number of fused-ring (bicyclic) bond motifs is 1. The Balaban J connectivity index is 1.56. The average Bonchev–Trinajstić information content (AvgIpc) is 3.31. The first kappa shape index (κ1) is 15.3. The summed E-state index contributed by atoms with van der Waals surface area (Å²) in [5.41, 5.74) is 0.607. The normalized spacial score (nSPS) is 17.6. The van der Waals surface area contributed by atoms with E-state index in [0.29, 0.717) is 30.2 Å². The lowest BCUT2D eigenvalue weighted by molar-refractivity contribution is 0.0757. The number of para-hydroxylation sites is 1. The topological polar surface area (TPSA) is 60.5 Å². The maximum Gasteiger partial charge on any atom is 0.289 e. The maximum absolute atomic E-state index is 12.8. The summed E-state index contributed by atoms with van der Waals surface area (Å²) in [5, 5.41) is 5.18. The average molecular weight is 390 g/mol. The van der Waals surface area contributed by atoms with Crippen LogP contribution in [-0.2, 0) is 0 Å². The number of halogens is 1. The molecule has 3 heterocycles. The molecular formula is C17H16BrN3O3. The highest BCUT2D eigenvalue weighted by Gasteiger charge is 2.30. The number of furan rings is 1. The molecule has 6 nitrogen and oxygen atoms in total. The van der Waals surface area contributed by atoms with Crippen molar-refractivity contribution in [2.24, 2.45) is 0 Å². The largest absolute Gasteiger partial charge is 0.493 e. The van der Waals surface area contributed by atoms with E-state index in [9.17, 15) is 4.79 Å². The van der Waals surface area contributed by atoms with Crippen molar-refractivity contribution in [3.05, 3.63) is 46.9 Å². The number of likely N-dealkylation sites (tertiary alicyclic amines) is 1. The van der Waals surface area contributed by atoms with Gasteiger partial charge in [-0.3, -0.25) is 9.48 Å². The van der Waals surface area contributed by atoms with Crippen molar-refractivity contribution >= 4 is 32.8 Å². The van der Waals surface area contributed by atoms with E-state index in [1.54, 1.807) is 19.4 Å². The Morgan fingerprint density at radius 3 is 3.08 bits per heavy atom. The van der Waals surface area contributed by atoms with E-state index < -0.39 is 0 Å². The minimum absolute atomic E-state index is 0.0954. The van der Waals surface area contributed by atoms with E-state index in [-0.39, 0.29) is 11.9 Å². The summed E-state index contributed by atoms with van der Waals surface area (Å²) in [5.74, 6) is 0.881. The van der Waals surface area contributed by atoms with Gasteiger partial charge in [-0.05, 0) is 34.5 Å². The van der Waals surface area contributed by atoms with E-state index in [2.05, 4.69) is 21.0 Å². The second-order valence-electron chi connectivity index (χ2n) is 5.82. The lowest BCUT2D eigenvalue weighted by Gasteiger charge is -2.15. The van der Waals surface area contributed by atoms with E-state index in [1.165, 1.54) is 0 Å². The standard InChI is InChI=1S/C17H16BrN3O3/c1-23-14-4-2-3-11-7-15(24-16(11)14)17(22)20-6-5-13(10-20)21-9-12(18)8-19-21/h2-4,7-9,13H,5-6,10H2,1H3. The molecule has 1 saturated heterocycles. The number of carbonyl (C=O) groups is 1. The third kappa shape index (κ3) is 2.58. The second kappa shape index (κ2) is 5.98. The molecule has 1 aromatic carbocycles. The van der Waals surface area contributed by atoms with Crippen LogP contribution in [0, 0.1) is 0 Å². The van der Waals surface area contributed by atoms with Gasteiger partial charge in [0.15, 0.2) is 17.1 Å². The zero-order valence-electron chi connectivity index (χ0n) is 13.1. The first-order chi connectivity index (χ1) is 11.7. The van der Waals surface area contributed by atoms with Gasteiger partial charge >= 0.3 is 0 Å². The Morgan fingerprint density at radius 2 is 2.33 bits per heavy atom. The van der Waals surface area contributed by atoms with Crippen molar-refractivity contribution in [1.29, 1.82) is 0 Å². The molecule has 1 unspecified atom stereocenters. The molecule has 1 atom stereocenters. The number of ether oxygens (including phenoxy) is 1. The van der Waals surface area contributed by atoms with Crippen molar-refractivity contribution in [2.45, 2.75) is 12.5 Å². The molecular weight excluding hydrogens is 374 g/mol. The minimum Gasteiger partial charge on any atom is -0.493 e. The zero-order valence-corrected chi connectivity index (χ0v) is 14.7. The molecule has 2 aromatic heterocycles. The molecule has 0 bridgehead atoms. The Bertz CT molecular complexity index is 902. The molecule has 0 radical (unpaired) electrons. The van der Waals surface area contributed by atoms with Crippen molar-refractivity contribution in [3.8, 4) is 5.75 Å². The fourth-order valence-electron chi connectivity index (χ4n) is 3.12. The monoisotopic (exact) mass is 389 g/mol. The molecule has 0 N–H and O–H groups in total. The summed E-state index contributed by atoms with van der Waals surface area (Å²) in [4.78, 5) is 14.6.